The number of anilines is 1. The van der Waals surface area contributed by atoms with E-state index in [-0.39, 0.29) is 0 Å². The van der Waals surface area contributed by atoms with Gasteiger partial charge in [0.15, 0.2) is 0 Å². The number of para-hydroxylation sites is 1. The molecule has 3 rings (SSSR count). The number of carbonyl (C=O) groups excluding carboxylic acids is 2. The fraction of sp³-hybridized carbons (Fsp3) is 0.263. The fourth-order valence-corrected chi connectivity index (χ4v) is 2.80. The zero-order valence-electron chi connectivity index (χ0n) is 13.8. The van der Waals surface area contributed by atoms with Crippen LogP contribution in [0, 0.1) is 17.0 Å². The van der Waals surface area contributed by atoms with E-state index in [1.165, 1.54) is 6.07 Å². The molecule has 2 aromatic carbocycles. The van der Waals surface area contributed by atoms with Crippen LogP contribution in [0.15, 0.2) is 42.5 Å². The summed E-state index contributed by atoms with van der Waals surface area (Å²) in [5.74, 6) is -2.87. The van der Waals surface area contributed by atoms with Crippen LogP contribution in [0.2, 0.25) is 5.02 Å². The second kappa shape index (κ2) is 7.41. The molecule has 26 heavy (non-hydrogen) atoms. The maximum atomic E-state index is 13.7. The largest absolute Gasteiger partial charge is 0.355 e. The predicted molar refractivity (Wildman–Crippen MR) is 94.8 cm³/mol. The molecule has 2 aromatic rings. The average molecular weight is 379 g/mol. The van der Waals surface area contributed by atoms with E-state index in [4.69, 9.17) is 11.6 Å². The molecule has 7 heteroatoms. The van der Waals surface area contributed by atoms with Crippen LogP contribution < -0.4 is 10.6 Å². The van der Waals surface area contributed by atoms with E-state index in [1.54, 1.807) is 12.1 Å². The predicted octanol–water partition coefficient (Wildman–Crippen LogP) is 3.70. The van der Waals surface area contributed by atoms with Gasteiger partial charge < -0.3 is 10.6 Å². The zero-order chi connectivity index (χ0) is 18.7. The molecule has 4 nitrogen and oxygen atoms in total. The Labute approximate surface area is 154 Å². The number of rotatable bonds is 6. The summed E-state index contributed by atoms with van der Waals surface area (Å²) in [6.07, 6.45) is 1.28. The fourth-order valence-electron chi connectivity index (χ4n) is 2.67. The highest BCUT2D eigenvalue weighted by molar-refractivity contribution is 6.30. The van der Waals surface area contributed by atoms with Crippen molar-refractivity contribution in [2.75, 3.05) is 11.9 Å². The maximum Gasteiger partial charge on any atom is 0.240 e. The third kappa shape index (κ3) is 3.85. The van der Waals surface area contributed by atoms with Crippen LogP contribution >= 0.6 is 11.6 Å². The van der Waals surface area contributed by atoms with Crippen LogP contribution in [0.3, 0.4) is 0 Å². The molecule has 0 unspecified atom stereocenters. The summed E-state index contributed by atoms with van der Waals surface area (Å²) in [5, 5.41) is 5.57. The summed E-state index contributed by atoms with van der Waals surface area (Å²) in [6.45, 7) is 0.351. The molecule has 0 spiro atoms. The van der Waals surface area contributed by atoms with Crippen LogP contribution in [0.1, 0.15) is 18.4 Å². The van der Waals surface area contributed by atoms with E-state index in [9.17, 15) is 18.4 Å². The highest BCUT2D eigenvalue weighted by Crippen LogP contribution is 2.47. The van der Waals surface area contributed by atoms with Gasteiger partial charge in [0, 0.05) is 11.6 Å². The second-order valence-corrected chi connectivity index (χ2v) is 6.70. The van der Waals surface area contributed by atoms with Gasteiger partial charge >= 0.3 is 0 Å². The molecule has 0 bridgehead atoms. The third-order valence-corrected chi connectivity index (χ3v) is 4.69. The van der Waals surface area contributed by atoms with Gasteiger partial charge in [-0.15, -0.1) is 0 Å². The maximum absolute atomic E-state index is 13.7. The third-order valence-electron chi connectivity index (χ3n) is 4.43. The average Bonchev–Trinajstić information content (AvgIpc) is 3.42. The van der Waals surface area contributed by atoms with Crippen LogP contribution in [0.5, 0.6) is 0 Å². The summed E-state index contributed by atoms with van der Waals surface area (Å²) in [7, 11) is 0. The lowest BCUT2D eigenvalue weighted by Crippen LogP contribution is -2.41. The van der Waals surface area contributed by atoms with E-state index in [0.29, 0.717) is 30.8 Å². The Hall–Kier alpha value is -2.47. The minimum atomic E-state index is -1.26. The quantitative estimate of drug-likeness (QED) is 0.753. The van der Waals surface area contributed by atoms with Crippen LogP contribution in [0.25, 0.3) is 0 Å². The molecule has 2 N–H and O–H groups in total. The summed E-state index contributed by atoms with van der Waals surface area (Å²) in [5.41, 5.74) is -0.787. The van der Waals surface area contributed by atoms with Gasteiger partial charge in [-0.3, -0.25) is 9.59 Å². The first kappa shape index (κ1) is 18.3. The first-order valence-corrected chi connectivity index (χ1v) is 8.58. The summed E-state index contributed by atoms with van der Waals surface area (Å²) >= 11 is 5.82. The summed E-state index contributed by atoms with van der Waals surface area (Å²) < 4.78 is 27.3. The SMILES string of the molecule is O=C(NCCc1ccc(Cl)cc1)C1(C(=O)Nc2c(F)cccc2F)CC1. The Morgan fingerprint density at radius 1 is 1.00 bits per heavy atom. The summed E-state index contributed by atoms with van der Waals surface area (Å²) in [6, 6.07) is 10.5. The van der Waals surface area contributed by atoms with Gasteiger partial charge in [-0.1, -0.05) is 29.8 Å². The van der Waals surface area contributed by atoms with Gasteiger partial charge in [-0.05, 0) is 49.1 Å². The molecule has 0 radical (unpaired) electrons. The normalized spacial score (nSPS) is 14.6. The number of hydrogen-bond donors (Lipinski definition) is 2. The zero-order valence-corrected chi connectivity index (χ0v) is 14.6. The standard InChI is InChI=1S/C19H17ClF2N2O2/c20-13-6-4-12(5-7-13)8-11-23-17(25)19(9-10-19)18(26)24-16-14(21)2-1-3-15(16)22/h1-7H,8-11H2,(H,23,25)(H,24,26). The lowest BCUT2D eigenvalue weighted by Gasteiger charge is -2.16. The molecule has 0 heterocycles. The van der Waals surface area contributed by atoms with Crippen molar-refractivity contribution < 1.29 is 18.4 Å². The van der Waals surface area contributed by atoms with Crippen molar-refractivity contribution in [2.45, 2.75) is 19.3 Å². The van der Waals surface area contributed by atoms with E-state index in [2.05, 4.69) is 10.6 Å². The van der Waals surface area contributed by atoms with Crippen molar-refractivity contribution >= 4 is 29.1 Å². The molecule has 0 atom stereocenters. The van der Waals surface area contributed by atoms with Gasteiger partial charge in [-0.2, -0.15) is 0 Å². The number of hydrogen-bond acceptors (Lipinski definition) is 2. The van der Waals surface area contributed by atoms with Crippen molar-refractivity contribution in [2.24, 2.45) is 5.41 Å². The lowest BCUT2D eigenvalue weighted by atomic mass is 10.0. The van der Waals surface area contributed by atoms with Gasteiger partial charge in [0.05, 0.1) is 0 Å². The minimum Gasteiger partial charge on any atom is -0.355 e. The first-order chi connectivity index (χ1) is 12.4. The van der Waals surface area contributed by atoms with Gasteiger partial charge in [-0.25, -0.2) is 8.78 Å². The van der Waals surface area contributed by atoms with Crippen LogP contribution in [0.4, 0.5) is 14.5 Å². The van der Waals surface area contributed by atoms with Crippen molar-refractivity contribution in [3.8, 4) is 0 Å². The Bertz CT molecular complexity index is 816. The summed E-state index contributed by atoms with van der Waals surface area (Å²) in [4.78, 5) is 24.8. The van der Waals surface area contributed by atoms with E-state index in [1.807, 2.05) is 12.1 Å². The highest BCUT2D eigenvalue weighted by Gasteiger charge is 2.56. The first-order valence-electron chi connectivity index (χ1n) is 8.20. The van der Waals surface area contributed by atoms with Crippen molar-refractivity contribution in [3.63, 3.8) is 0 Å². The molecule has 0 aliphatic heterocycles. The molecular formula is C19H17ClF2N2O2. The second-order valence-electron chi connectivity index (χ2n) is 6.27. The molecule has 1 aliphatic carbocycles. The number of benzene rings is 2. The van der Waals surface area contributed by atoms with E-state index >= 15 is 0 Å². The molecule has 0 aromatic heterocycles. The Morgan fingerprint density at radius 3 is 2.19 bits per heavy atom. The smallest absolute Gasteiger partial charge is 0.240 e. The van der Waals surface area contributed by atoms with Crippen molar-refractivity contribution in [1.29, 1.82) is 0 Å². The monoisotopic (exact) mass is 378 g/mol. The number of amides is 2. The Kier molecular flexibility index (Phi) is 5.23. The van der Waals surface area contributed by atoms with Crippen molar-refractivity contribution in [1.82, 2.24) is 5.32 Å². The van der Waals surface area contributed by atoms with Crippen LogP contribution in [-0.4, -0.2) is 18.4 Å². The van der Waals surface area contributed by atoms with Gasteiger partial charge in [0.2, 0.25) is 11.8 Å². The van der Waals surface area contributed by atoms with Gasteiger partial charge in [0.25, 0.3) is 0 Å². The number of halogens is 3. The molecule has 1 fully saturated rings. The molecule has 2 amide bonds. The Balaban J connectivity index is 1.58. The molecule has 136 valence electrons. The highest BCUT2D eigenvalue weighted by atomic mass is 35.5. The van der Waals surface area contributed by atoms with Crippen molar-refractivity contribution in [3.05, 3.63) is 64.7 Å². The topological polar surface area (TPSA) is 58.2 Å². The van der Waals surface area contributed by atoms with Crippen LogP contribution in [-0.2, 0) is 16.0 Å². The molecular weight excluding hydrogens is 362 g/mol. The number of carbonyl (C=O) groups is 2. The molecule has 1 aliphatic rings. The lowest BCUT2D eigenvalue weighted by molar-refractivity contribution is -0.134. The molecule has 1 saturated carbocycles. The van der Waals surface area contributed by atoms with Gasteiger partial charge in [0.1, 0.15) is 22.7 Å². The van der Waals surface area contributed by atoms with E-state index < -0.39 is 34.6 Å². The minimum absolute atomic E-state index is 0.349. The molecule has 0 saturated heterocycles. The number of nitrogens with one attached hydrogen (secondary N) is 2. The van der Waals surface area contributed by atoms with E-state index in [0.717, 1.165) is 17.7 Å². The Morgan fingerprint density at radius 2 is 1.62 bits per heavy atom.